The van der Waals surface area contributed by atoms with Gasteiger partial charge in [0.15, 0.2) is 5.13 Å². The van der Waals surface area contributed by atoms with Crippen molar-refractivity contribution < 1.29 is 4.52 Å². The molecule has 0 aliphatic carbocycles. The molecule has 0 fully saturated rings. The third-order valence-corrected chi connectivity index (χ3v) is 3.33. The molecule has 2 N–H and O–H groups in total. The molecule has 0 saturated heterocycles. The predicted molar refractivity (Wildman–Crippen MR) is 70.3 cm³/mol. The van der Waals surface area contributed by atoms with Crippen LogP contribution in [0.1, 0.15) is 0 Å². The number of aromatic nitrogens is 3. The zero-order valence-corrected chi connectivity index (χ0v) is 10.6. The lowest BCUT2D eigenvalue weighted by Gasteiger charge is -1.92. The van der Waals surface area contributed by atoms with E-state index in [0.29, 0.717) is 21.9 Å². The fraction of sp³-hybridized carbons (Fsp3) is 0. The molecule has 5 nitrogen and oxygen atoms in total. The van der Waals surface area contributed by atoms with Crippen molar-refractivity contribution in [1.82, 2.24) is 15.1 Å². The van der Waals surface area contributed by atoms with Crippen molar-refractivity contribution in [2.24, 2.45) is 0 Å². The minimum absolute atomic E-state index is 0.411. The average Bonchev–Trinajstić information content (AvgIpc) is 2.98. The number of anilines is 1. The summed E-state index contributed by atoms with van der Waals surface area (Å²) in [5.41, 5.74) is 6.39. The summed E-state index contributed by atoms with van der Waals surface area (Å²) in [6, 6.07) is 7.21. The molecule has 7 heteroatoms. The van der Waals surface area contributed by atoms with Gasteiger partial charge in [-0.25, -0.2) is 4.98 Å². The fourth-order valence-electron chi connectivity index (χ4n) is 1.43. The first kappa shape index (κ1) is 11.2. The highest BCUT2D eigenvalue weighted by Crippen LogP contribution is 2.28. The number of rotatable bonds is 2. The Morgan fingerprint density at radius 1 is 1.22 bits per heavy atom. The SMILES string of the molecule is Nc1ncc(-c2nc(-c3ccc(Cl)cc3)no2)s1. The van der Waals surface area contributed by atoms with Gasteiger partial charge in [-0.1, -0.05) is 28.1 Å². The number of hydrogen-bond acceptors (Lipinski definition) is 6. The van der Waals surface area contributed by atoms with Gasteiger partial charge in [0.1, 0.15) is 4.88 Å². The first-order chi connectivity index (χ1) is 8.72. The third-order valence-electron chi connectivity index (χ3n) is 2.26. The van der Waals surface area contributed by atoms with Gasteiger partial charge < -0.3 is 10.3 Å². The van der Waals surface area contributed by atoms with Gasteiger partial charge in [-0.05, 0) is 24.3 Å². The molecule has 3 rings (SSSR count). The first-order valence-electron chi connectivity index (χ1n) is 5.04. The lowest BCUT2D eigenvalue weighted by Crippen LogP contribution is -1.79. The number of nitrogen functional groups attached to an aromatic ring is 1. The molecule has 0 amide bonds. The van der Waals surface area contributed by atoms with Crippen molar-refractivity contribution in [1.29, 1.82) is 0 Å². The van der Waals surface area contributed by atoms with Crippen LogP contribution in [0.15, 0.2) is 35.0 Å². The molecule has 1 aromatic carbocycles. The summed E-state index contributed by atoms with van der Waals surface area (Å²) in [6.07, 6.45) is 1.61. The van der Waals surface area contributed by atoms with E-state index in [1.165, 1.54) is 11.3 Å². The Balaban J connectivity index is 1.96. The second kappa shape index (κ2) is 4.40. The van der Waals surface area contributed by atoms with Gasteiger partial charge in [-0.3, -0.25) is 0 Å². The van der Waals surface area contributed by atoms with Crippen molar-refractivity contribution in [3.63, 3.8) is 0 Å². The molecule has 0 aliphatic rings. The van der Waals surface area contributed by atoms with E-state index in [1.54, 1.807) is 18.3 Å². The Hall–Kier alpha value is -1.92. The number of halogens is 1. The van der Waals surface area contributed by atoms with Crippen molar-refractivity contribution >= 4 is 28.1 Å². The van der Waals surface area contributed by atoms with Gasteiger partial charge in [0.05, 0.1) is 6.20 Å². The Kier molecular flexibility index (Phi) is 2.73. The van der Waals surface area contributed by atoms with Crippen LogP contribution < -0.4 is 5.73 Å². The standard InChI is InChI=1S/C11H7ClN4OS/c12-7-3-1-6(2-4-7)9-15-10(17-16-9)8-5-14-11(13)18-8/h1-5H,(H2,13,14). The topological polar surface area (TPSA) is 77.8 Å². The van der Waals surface area contributed by atoms with Crippen LogP contribution in [-0.2, 0) is 0 Å². The van der Waals surface area contributed by atoms with E-state index in [2.05, 4.69) is 15.1 Å². The monoisotopic (exact) mass is 278 g/mol. The molecule has 0 spiro atoms. The lowest BCUT2D eigenvalue weighted by atomic mass is 10.2. The number of nitrogens with zero attached hydrogens (tertiary/aromatic N) is 3. The van der Waals surface area contributed by atoms with Crippen LogP contribution in [0.25, 0.3) is 22.2 Å². The Morgan fingerprint density at radius 3 is 2.67 bits per heavy atom. The first-order valence-corrected chi connectivity index (χ1v) is 6.23. The second-order valence-corrected chi connectivity index (χ2v) is 4.99. The number of hydrogen-bond donors (Lipinski definition) is 1. The van der Waals surface area contributed by atoms with E-state index in [9.17, 15) is 0 Å². The minimum Gasteiger partial charge on any atom is -0.375 e. The molecule has 0 saturated carbocycles. The number of thiazole rings is 1. The van der Waals surface area contributed by atoms with Crippen LogP contribution in [-0.4, -0.2) is 15.1 Å². The largest absolute Gasteiger partial charge is 0.375 e. The van der Waals surface area contributed by atoms with Crippen molar-refractivity contribution in [3.8, 4) is 22.2 Å². The van der Waals surface area contributed by atoms with Gasteiger partial charge in [0, 0.05) is 10.6 Å². The normalized spacial score (nSPS) is 10.7. The molecule has 3 aromatic rings. The summed E-state index contributed by atoms with van der Waals surface area (Å²) in [4.78, 5) is 8.98. The Bertz CT molecular complexity index is 676. The minimum atomic E-state index is 0.411. The van der Waals surface area contributed by atoms with Gasteiger partial charge in [0.2, 0.25) is 5.82 Å². The molecular formula is C11H7ClN4OS. The molecule has 90 valence electrons. The van der Waals surface area contributed by atoms with Crippen LogP contribution in [0, 0.1) is 0 Å². The smallest absolute Gasteiger partial charge is 0.270 e. The van der Waals surface area contributed by atoms with E-state index in [1.807, 2.05) is 12.1 Å². The molecule has 18 heavy (non-hydrogen) atoms. The maximum atomic E-state index is 5.82. The molecule has 0 atom stereocenters. The van der Waals surface area contributed by atoms with E-state index < -0.39 is 0 Å². The van der Waals surface area contributed by atoms with Gasteiger partial charge in [0.25, 0.3) is 5.89 Å². The van der Waals surface area contributed by atoms with Crippen LogP contribution >= 0.6 is 22.9 Å². The summed E-state index contributed by atoms with van der Waals surface area (Å²) in [6.45, 7) is 0. The number of benzene rings is 1. The summed E-state index contributed by atoms with van der Waals surface area (Å²) in [5, 5.41) is 5.04. The average molecular weight is 279 g/mol. The van der Waals surface area contributed by atoms with Crippen LogP contribution in [0.2, 0.25) is 5.02 Å². The maximum absolute atomic E-state index is 5.82. The summed E-state index contributed by atoms with van der Waals surface area (Å²) in [5.74, 6) is 0.919. The zero-order chi connectivity index (χ0) is 12.5. The molecule has 0 bridgehead atoms. The highest BCUT2D eigenvalue weighted by atomic mass is 35.5. The van der Waals surface area contributed by atoms with Gasteiger partial charge in [-0.15, -0.1) is 0 Å². The quantitative estimate of drug-likeness (QED) is 0.779. The molecule has 0 radical (unpaired) electrons. The highest BCUT2D eigenvalue weighted by molar-refractivity contribution is 7.18. The molecule has 2 aromatic heterocycles. The summed E-state index contributed by atoms with van der Waals surface area (Å²) in [7, 11) is 0. The van der Waals surface area contributed by atoms with Crippen molar-refractivity contribution in [3.05, 3.63) is 35.5 Å². The molecular weight excluding hydrogens is 272 g/mol. The van der Waals surface area contributed by atoms with Crippen LogP contribution in [0.3, 0.4) is 0 Å². The van der Waals surface area contributed by atoms with E-state index >= 15 is 0 Å². The van der Waals surface area contributed by atoms with E-state index in [-0.39, 0.29) is 0 Å². The predicted octanol–water partition coefficient (Wildman–Crippen LogP) is 3.10. The van der Waals surface area contributed by atoms with Crippen LogP contribution in [0.4, 0.5) is 5.13 Å². The van der Waals surface area contributed by atoms with Gasteiger partial charge in [-0.2, -0.15) is 4.98 Å². The lowest BCUT2D eigenvalue weighted by molar-refractivity contribution is 0.433. The maximum Gasteiger partial charge on any atom is 0.270 e. The summed E-state index contributed by atoms with van der Waals surface area (Å²) < 4.78 is 5.17. The Labute approximate surface area is 111 Å². The summed E-state index contributed by atoms with van der Waals surface area (Å²) >= 11 is 7.12. The molecule has 0 unspecified atom stereocenters. The fourth-order valence-corrected chi connectivity index (χ4v) is 2.16. The Morgan fingerprint density at radius 2 is 2.00 bits per heavy atom. The zero-order valence-electron chi connectivity index (χ0n) is 9.00. The van der Waals surface area contributed by atoms with Crippen LogP contribution in [0.5, 0.6) is 0 Å². The van der Waals surface area contributed by atoms with E-state index in [0.717, 1.165) is 10.4 Å². The van der Waals surface area contributed by atoms with E-state index in [4.69, 9.17) is 21.9 Å². The van der Waals surface area contributed by atoms with Crippen molar-refractivity contribution in [2.75, 3.05) is 5.73 Å². The van der Waals surface area contributed by atoms with Crippen molar-refractivity contribution in [2.45, 2.75) is 0 Å². The number of nitrogens with two attached hydrogens (primary N) is 1. The third kappa shape index (κ3) is 2.07. The highest BCUT2D eigenvalue weighted by Gasteiger charge is 2.12. The molecule has 0 aliphatic heterocycles. The second-order valence-electron chi connectivity index (χ2n) is 3.49. The molecule has 2 heterocycles. The van der Waals surface area contributed by atoms with Gasteiger partial charge >= 0.3 is 0 Å².